The summed E-state index contributed by atoms with van der Waals surface area (Å²) in [5.41, 5.74) is 5.08. The molecule has 2 rings (SSSR count). The fourth-order valence-corrected chi connectivity index (χ4v) is 3.38. The number of carbonyl (C=O) groups is 2. The zero-order valence-electron chi connectivity index (χ0n) is 11.6. The predicted octanol–water partition coefficient (Wildman–Crippen LogP) is 1.36. The standard InChI is InChI=1S/C14H24N2O3/c1-14(13(18)19)8-5-9-16(14)12(17)10-6-3-2-4-7-11(10)15/h10-11H,2-9,15H2,1H3,(H,18,19). The number of nitrogens with zero attached hydrogens (tertiary/aromatic N) is 1. The first-order valence-electron chi connectivity index (χ1n) is 7.27. The minimum Gasteiger partial charge on any atom is -0.480 e. The van der Waals surface area contributed by atoms with E-state index in [9.17, 15) is 14.7 Å². The van der Waals surface area contributed by atoms with E-state index < -0.39 is 11.5 Å². The fourth-order valence-electron chi connectivity index (χ4n) is 3.38. The highest BCUT2D eigenvalue weighted by Gasteiger charge is 2.48. The second-order valence-electron chi connectivity index (χ2n) is 6.08. The normalized spacial score (nSPS) is 36.0. The maximum absolute atomic E-state index is 12.7. The Morgan fingerprint density at radius 2 is 1.89 bits per heavy atom. The van der Waals surface area contributed by atoms with Gasteiger partial charge in [0.15, 0.2) is 0 Å². The first kappa shape index (κ1) is 14.3. The van der Waals surface area contributed by atoms with Gasteiger partial charge in [0.25, 0.3) is 0 Å². The van der Waals surface area contributed by atoms with E-state index in [0.717, 1.165) is 38.5 Å². The Morgan fingerprint density at radius 3 is 2.58 bits per heavy atom. The van der Waals surface area contributed by atoms with E-state index in [1.165, 1.54) is 0 Å². The lowest BCUT2D eigenvalue weighted by Crippen LogP contribution is -2.54. The monoisotopic (exact) mass is 268 g/mol. The molecule has 0 radical (unpaired) electrons. The van der Waals surface area contributed by atoms with Crippen LogP contribution in [0.25, 0.3) is 0 Å². The third-order valence-corrected chi connectivity index (χ3v) is 4.75. The zero-order valence-corrected chi connectivity index (χ0v) is 11.6. The maximum atomic E-state index is 12.7. The molecule has 0 aromatic heterocycles. The average molecular weight is 268 g/mol. The quantitative estimate of drug-likeness (QED) is 0.741. The first-order chi connectivity index (χ1) is 8.97. The molecule has 1 saturated heterocycles. The highest BCUT2D eigenvalue weighted by Crippen LogP contribution is 2.33. The minimum absolute atomic E-state index is 0.0446. The number of carboxylic acids is 1. The number of carboxylic acid groups (broad SMARTS) is 1. The van der Waals surface area contributed by atoms with Gasteiger partial charge in [-0.3, -0.25) is 4.79 Å². The van der Waals surface area contributed by atoms with Crippen LogP contribution in [0.4, 0.5) is 0 Å². The maximum Gasteiger partial charge on any atom is 0.329 e. The van der Waals surface area contributed by atoms with Crippen molar-refractivity contribution in [2.75, 3.05) is 6.54 Å². The van der Waals surface area contributed by atoms with E-state index >= 15 is 0 Å². The predicted molar refractivity (Wildman–Crippen MR) is 71.5 cm³/mol. The van der Waals surface area contributed by atoms with Crippen molar-refractivity contribution in [3.8, 4) is 0 Å². The topological polar surface area (TPSA) is 83.6 Å². The molecule has 3 unspecified atom stereocenters. The van der Waals surface area contributed by atoms with Gasteiger partial charge in [0.05, 0.1) is 5.92 Å². The molecule has 3 N–H and O–H groups in total. The van der Waals surface area contributed by atoms with E-state index in [-0.39, 0.29) is 17.9 Å². The summed E-state index contributed by atoms with van der Waals surface area (Å²) in [5.74, 6) is -1.14. The average Bonchev–Trinajstić information content (AvgIpc) is 2.63. The Labute approximate surface area is 114 Å². The summed E-state index contributed by atoms with van der Waals surface area (Å²) in [6, 6.07) is -0.117. The fraction of sp³-hybridized carbons (Fsp3) is 0.857. The molecule has 3 atom stereocenters. The summed E-state index contributed by atoms with van der Waals surface area (Å²) < 4.78 is 0. The van der Waals surface area contributed by atoms with Crippen LogP contribution in [0.15, 0.2) is 0 Å². The van der Waals surface area contributed by atoms with Crippen molar-refractivity contribution >= 4 is 11.9 Å². The molecule has 1 aliphatic heterocycles. The number of nitrogens with two attached hydrogens (primary N) is 1. The molecule has 0 bridgehead atoms. The molecule has 0 aromatic rings. The van der Waals surface area contributed by atoms with Crippen LogP contribution in [-0.2, 0) is 9.59 Å². The van der Waals surface area contributed by atoms with E-state index in [4.69, 9.17) is 5.73 Å². The molecule has 2 fully saturated rings. The Hall–Kier alpha value is -1.10. The van der Waals surface area contributed by atoms with Crippen LogP contribution in [0.5, 0.6) is 0 Å². The Kier molecular flexibility index (Phi) is 4.13. The molecular weight excluding hydrogens is 244 g/mol. The molecule has 0 spiro atoms. The molecule has 19 heavy (non-hydrogen) atoms. The zero-order chi connectivity index (χ0) is 14.0. The van der Waals surface area contributed by atoms with Crippen LogP contribution in [0.3, 0.4) is 0 Å². The van der Waals surface area contributed by atoms with Gasteiger partial charge in [0.1, 0.15) is 5.54 Å². The van der Waals surface area contributed by atoms with Crippen molar-refractivity contribution in [3.05, 3.63) is 0 Å². The number of likely N-dealkylation sites (tertiary alicyclic amines) is 1. The number of carbonyl (C=O) groups excluding carboxylic acids is 1. The lowest BCUT2D eigenvalue weighted by Gasteiger charge is -2.35. The first-order valence-corrected chi connectivity index (χ1v) is 7.27. The van der Waals surface area contributed by atoms with Crippen molar-refractivity contribution in [1.29, 1.82) is 0 Å². The summed E-state index contributed by atoms with van der Waals surface area (Å²) >= 11 is 0. The lowest BCUT2D eigenvalue weighted by molar-refractivity contribution is -0.157. The number of hydrogen-bond acceptors (Lipinski definition) is 3. The van der Waals surface area contributed by atoms with Crippen molar-refractivity contribution in [2.24, 2.45) is 11.7 Å². The summed E-state index contributed by atoms with van der Waals surface area (Å²) in [6.07, 6.45) is 6.17. The molecule has 1 heterocycles. The highest BCUT2D eigenvalue weighted by atomic mass is 16.4. The molecule has 2 aliphatic rings. The largest absolute Gasteiger partial charge is 0.480 e. The van der Waals surface area contributed by atoms with Crippen LogP contribution in [0.2, 0.25) is 0 Å². The van der Waals surface area contributed by atoms with Crippen LogP contribution in [0, 0.1) is 5.92 Å². The van der Waals surface area contributed by atoms with Gasteiger partial charge in [-0.25, -0.2) is 4.79 Å². The summed E-state index contributed by atoms with van der Waals surface area (Å²) in [7, 11) is 0. The Bertz CT molecular complexity index is 372. The van der Waals surface area contributed by atoms with Crippen molar-refractivity contribution in [1.82, 2.24) is 4.90 Å². The minimum atomic E-state index is -1.04. The van der Waals surface area contributed by atoms with Gasteiger partial charge in [-0.15, -0.1) is 0 Å². The van der Waals surface area contributed by atoms with E-state index in [2.05, 4.69) is 0 Å². The molecule has 5 nitrogen and oxygen atoms in total. The van der Waals surface area contributed by atoms with E-state index in [1.807, 2.05) is 0 Å². The summed E-state index contributed by atoms with van der Waals surface area (Å²) in [4.78, 5) is 25.7. The third kappa shape index (κ3) is 2.61. The molecule has 108 valence electrons. The Morgan fingerprint density at radius 1 is 1.21 bits per heavy atom. The van der Waals surface area contributed by atoms with Gasteiger partial charge in [0.2, 0.25) is 5.91 Å². The van der Waals surface area contributed by atoms with E-state index in [1.54, 1.807) is 11.8 Å². The van der Waals surface area contributed by atoms with Gasteiger partial charge < -0.3 is 15.7 Å². The second-order valence-corrected chi connectivity index (χ2v) is 6.08. The van der Waals surface area contributed by atoms with Gasteiger partial charge in [-0.1, -0.05) is 19.3 Å². The van der Waals surface area contributed by atoms with Crippen LogP contribution < -0.4 is 5.73 Å². The number of aliphatic carboxylic acids is 1. The van der Waals surface area contributed by atoms with Crippen LogP contribution >= 0.6 is 0 Å². The number of rotatable bonds is 2. The molecule has 1 saturated carbocycles. The SMILES string of the molecule is CC1(C(=O)O)CCCN1C(=O)C1CCCCCC1N. The highest BCUT2D eigenvalue weighted by molar-refractivity contribution is 5.88. The molecule has 5 heteroatoms. The molecule has 1 amide bonds. The smallest absolute Gasteiger partial charge is 0.329 e. The number of amides is 1. The molecule has 1 aliphatic carbocycles. The number of hydrogen-bond donors (Lipinski definition) is 2. The van der Waals surface area contributed by atoms with Gasteiger partial charge in [-0.05, 0) is 32.6 Å². The van der Waals surface area contributed by atoms with Crippen LogP contribution in [-0.4, -0.2) is 40.0 Å². The Balaban J connectivity index is 2.16. The van der Waals surface area contributed by atoms with Crippen molar-refractivity contribution < 1.29 is 14.7 Å². The van der Waals surface area contributed by atoms with Gasteiger partial charge in [-0.2, -0.15) is 0 Å². The molecule has 0 aromatic carbocycles. The van der Waals surface area contributed by atoms with Crippen molar-refractivity contribution in [2.45, 2.75) is 63.5 Å². The second kappa shape index (κ2) is 5.49. The lowest BCUT2D eigenvalue weighted by atomic mass is 9.91. The summed E-state index contributed by atoms with van der Waals surface area (Å²) in [6.45, 7) is 2.20. The summed E-state index contributed by atoms with van der Waals surface area (Å²) in [5, 5.41) is 9.39. The van der Waals surface area contributed by atoms with Crippen molar-refractivity contribution in [3.63, 3.8) is 0 Å². The van der Waals surface area contributed by atoms with Gasteiger partial charge >= 0.3 is 5.97 Å². The van der Waals surface area contributed by atoms with E-state index in [0.29, 0.717) is 13.0 Å². The molecular formula is C14H24N2O3. The third-order valence-electron chi connectivity index (χ3n) is 4.75. The van der Waals surface area contributed by atoms with Gasteiger partial charge in [0, 0.05) is 12.6 Å². The van der Waals surface area contributed by atoms with Crippen LogP contribution in [0.1, 0.15) is 51.9 Å².